The van der Waals surface area contributed by atoms with Gasteiger partial charge in [-0.05, 0) is 142 Å². The Labute approximate surface area is 404 Å². The van der Waals surface area contributed by atoms with E-state index in [0.29, 0.717) is 0 Å². The fourth-order valence-electron chi connectivity index (χ4n) is 10.2. The van der Waals surface area contributed by atoms with Crippen molar-refractivity contribution in [2.45, 2.75) is 0 Å². The molecule has 0 radical (unpaired) electrons. The van der Waals surface area contributed by atoms with Crippen LogP contribution in [0.2, 0.25) is 0 Å². The molecule has 0 saturated carbocycles. The molecule has 0 aliphatic carbocycles. The summed E-state index contributed by atoms with van der Waals surface area (Å²) in [4.78, 5) is 2.40. The van der Waals surface area contributed by atoms with E-state index in [1.165, 1.54) is 93.9 Å². The molecule has 0 fully saturated rings. The first-order valence-corrected chi connectivity index (χ1v) is 23.7. The van der Waals surface area contributed by atoms with Gasteiger partial charge in [-0.1, -0.05) is 243 Å². The van der Waals surface area contributed by atoms with Crippen LogP contribution < -0.4 is 4.90 Å². The SMILES string of the molecule is c1ccc(-c2ccc(-c3c(-c4cccc(N(c5ccc(-c6cccc(-c7ccccc7)c6)cc5)c5ccc(-c6ccccc6-c6ccccc6)cc5)c4)c4ccccc4c4ccccc34)cc2)cc1. The highest BCUT2D eigenvalue weighted by Gasteiger charge is 2.20. The summed E-state index contributed by atoms with van der Waals surface area (Å²) in [6.45, 7) is 0. The van der Waals surface area contributed by atoms with E-state index in [-0.39, 0.29) is 0 Å². The van der Waals surface area contributed by atoms with E-state index in [4.69, 9.17) is 0 Å². The van der Waals surface area contributed by atoms with Crippen LogP contribution in [0, 0.1) is 0 Å². The highest BCUT2D eigenvalue weighted by atomic mass is 15.1. The highest BCUT2D eigenvalue weighted by molar-refractivity contribution is 6.21. The van der Waals surface area contributed by atoms with Crippen LogP contribution in [-0.4, -0.2) is 0 Å². The Kier molecular flexibility index (Phi) is 11.0. The smallest absolute Gasteiger partial charge is 0.0467 e. The van der Waals surface area contributed by atoms with Crippen molar-refractivity contribution in [1.29, 1.82) is 0 Å². The maximum absolute atomic E-state index is 2.40. The van der Waals surface area contributed by atoms with Crippen LogP contribution in [0.4, 0.5) is 17.1 Å². The second-order valence-electron chi connectivity index (χ2n) is 17.6. The Bertz CT molecular complexity index is 3730. The molecule has 12 aromatic carbocycles. The molecule has 69 heavy (non-hydrogen) atoms. The zero-order chi connectivity index (χ0) is 45.9. The second-order valence-corrected chi connectivity index (χ2v) is 17.6. The van der Waals surface area contributed by atoms with Gasteiger partial charge in [-0.3, -0.25) is 0 Å². The molecule has 12 aromatic rings. The van der Waals surface area contributed by atoms with E-state index in [1.54, 1.807) is 0 Å². The molecule has 0 aromatic heterocycles. The molecule has 0 unspecified atom stereocenters. The maximum atomic E-state index is 2.40. The lowest BCUT2D eigenvalue weighted by Gasteiger charge is -2.27. The van der Waals surface area contributed by atoms with Gasteiger partial charge >= 0.3 is 0 Å². The van der Waals surface area contributed by atoms with Crippen LogP contribution in [0.3, 0.4) is 0 Å². The number of benzene rings is 12. The summed E-state index contributed by atoms with van der Waals surface area (Å²) in [7, 11) is 0. The molecule has 0 heterocycles. The zero-order valence-corrected chi connectivity index (χ0v) is 38.1. The number of rotatable bonds is 10. The first-order valence-electron chi connectivity index (χ1n) is 23.7. The summed E-state index contributed by atoms with van der Waals surface area (Å²) < 4.78 is 0. The number of anilines is 3. The molecule has 1 heteroatoms. The summed E-state index contributed by atoms with van der Waals surface area (Å²) in [5, 5.41) is 4.96. The van der Waals surface area contributed by atoms with Crippen LogP contribution in [0.1, 0.15) is 0 Å². The second kappa shape index (κ2) is 18.3. The number of nitrogens with zero attached hydrogens (tertiary/aromatic N) is 1. The number of hydrogen-bond donors (Lipinski definition) is 0. The van der Waals surface area contributed by atoms with Crippen molar-refractivity contribution in [2.75, 3.05) is 4.90 Å². The van der Waals surface area contributed by atoms with Crippen molar-refractivity contribution in [3.63, 3.8) is 0 Å². The highest BCUT2D eigenvalue weighted by Crippen LogP contribution is 2.47. The van der Waals surface area contributed by atoms with Crippen LogP contribution in [0.25, 0.3) is 99.4 Å². The van der Waals surface area contributed by atoms with Gasteiger partial charge in [0.1, 0.15) is 0 Å². The molecule has 0 saturated heterocycles. The van der Waals surface area contributed by atoms with Crippen molar-refractivity contribution in [3.05, 3.63) is 285 Å². The van der Waals surface area contributed by atoms with Crippen molar-refractivity contribution >= 4 is 38.6 Å². The third-order valence-electron chi connectivity index (χ3n) is 13.5. The van der Waals surface area contributed by atoms with Crippen molar-refractivity contribution in [1.82, 2.24) is 0 Å². The predicted octanol–water partition coefficient (Wildman–Crippen LogP) is 19.1. The Morgan fingerprint density at radius 1 is 0.174 bits per heavy atom. The Balaban J connectivity index is 1.01. The Morgan fingerprint density at radius 2 is 0.507 bits per heavy atom. The van der Waals surface area contributed by atoms with E-state index >= 15 is 0 Å². The largest absolute Gasteiger partial charge is 0.310 e. The first-order chi connectivity index (χ1) is 34.2. The fourth-order valence-corrected chi connectivity index (χ4v) is 10.2. The standard InChI is InChI=1S/C68H47N/c1-4-18-48(19-5-1)50-34-36-54(37-35-50)67-65-32-14-12-30-63(65)64-31-13-15-33-66(64)68(67)57-26-17-27-60(47-57)69(58-42-38-51(39-43-58)56-25-16-24-55(46-56)49-20-6-2-7-21-49)59-44-40-53(41-45-59)62-29-11-10-28-61(62)52-22-8-3-9-23-52/h1-47H. The monoisotopic (exact) mass is 877 g/mol. The zero-order valence-electron chi connectivity index (χ0n) is 38.1. The van der Waals surface area contributed by atoms with Gasteiger partial charge in [0, 0.05) is 17.1 Å². The number of hydrogen-bond acceptors (Lipinski definition) is 1. The van der Waals surface area contributed by atoms with E-state index in [2.05, 4.69) is 290 Å². The maximum Gasteiger partial charge on any atom is 0.0467 e. The molecule has 0 spiro atoms. The van der Waals surface area contributed by atoms with Gasteiger partial charge in [-0.15, -0.1) is 0 Å². The minimum absolute atomic E-state index is 1.08. The molecule has 0 atom stereocenters. The third kappa shape index (κ3) is 8.07. The number of fused-ring (bicyclic) bond motifs is 3. The summed E-state index contributed by atoms with van der Waals surface area (Å²) in [5.41, 5.74) is 20.0. The lowest BCUT2D eigenvalue weighted by molar-refractivity contribution is 1.28. The molecule has 1 nitrogen and oxygen atoms in total. The van der Waals surface area contributed by atoms with Crippen LogP contribution in [0.5, 0.6) is 0 Å². The molecule has 0 N–H and O–H groups in total. The molecule has 0 aliphatic rings. The van der Waals surface area contributed by atoms with Crippen LogP contribution in [0.15, 0.2) is 285 Å². The first kappa shape index (κ1) is 41.4. The molecule has 0 amide bonds. The van der Waals surface area contributed by atoms with Gasteiger partial charge in [0.2, 0.25) is 0 Å². The van der Waals surface area contributed by atoms with Gasteiger partial charge in [-0.25, -0.2) is 0 Å². The van der Waals surface area contributed by atoms with Gasteiger partial charge in [0.25, 0.3) is 0 Å². The molecule has 0 bridgehead atoms. The van der Waals surface area contributed by atoms with E-state index in [1.807, 2.05) is 0 Å². The van der Waals surface area contributed by atoms with Crippen molar-refractivity contribution in [3.8, 4) is 77.9 Å². The van der Waals surface area contributed by atoms with Crippen molar-refractivity contribution < 1.29 is 0 Å². The quantitative estimate of drug-likeness (QED) is 0.124. The van der Waals surface area contributed by atoms with Gasteiger partial charge in [0.15, 0.2) is 0 Å². The summed E-state index contributed by atoms with van der Waals surface area (Å²) >= 11 is 0. The predicted molar refractivity (Wildman–Crippen MR) is 294 cm³/mol. The molecule has 12 rings (SSSR count). The third-order valence-corrected chi connectivity index (χ3v) is 13.5. The summed E-state index contributed by atoms with van der Waals surface area (Å²) in [5.74, 6) is 0. The minimum Gasteiger partial charge on any atom is -0.310 e. The minimum atomic E-state index is 1.08. The lowest BCUT2D eigenvalue weighted by Crippen LogP contribution is -2.10. The molecule has 0 aliphatic heterocycles. The normalized spacial score (nSPS) is 11.2. The topological polar surface area (TPSA) is 3.24 Å². The van der Waals surface area contributed by atoms with Gasteiger partial charge in [0.05, 0.1) is 0 Å². The van der Waals surface area contributed by atoms with E-state index < -0.39 is 0 Å². The van der Waals surface area contributed by atoms with Gasteiger partial charge < -0.3 is 4.90 Å². The summed E-state index contributed by atoms with van der Waals surface area (Å²) in [6.07, 6.45) is 0. The average Bonchev–Trinajstić information content (AvgIpc) is 3.44. The fraction of sp³-hybridized carbons (Fsp3) is 0. The molecular formula is C68H47N. The Morgan fingerprint density at radius 3 is 1.06 bits per heavy atom. The summed E-state index contributed by atoms with van der Waals surface area (Å²) in [6, 6.07) is 104. The lowest BCUT2D eigenvalue weighted by atomic mass is 9.84. The van der Waals surface area contributed by atoms with Gasteiger partial charge in [-0.2, -0.15) is 0 Å². The molecule has 324 valence electrons. The average molecular weight is 878 g/mol. The van der Waals surface area contributed by atoms with E-state index in [0.717, 1.165) is 22.6 Å². The molecular weight excluding hydrogens is 831 g/mol. The van der Waals surface area contributed by atoms with E-state index in [9.17, 15) is 0 Å². The van der Waals surface area contributed by atoms with Crippen molar-refractivity contribution in [2.24, 2.45) is 0 Å². The van der Waals surface area contributed by atoms with Crippen LogP contribution >= 0.6 is 0 Å². The van der Waals surface area contributed by atoms with Crippen LogP contribution in [-0.2, 0) is 0 Å². The Hall–Kier alpha value is -9.04.